The second-order valence-corrected chi connectivity index (χ2v) is 3.30. The zero-order valence-electron chi connectivity index (χ0n) is 5.66. The number of hydrogen-bond donors (Lipinski definition) is 1. The van der Waals surface area contributed by atoms with Crippen LogP contribution in [-0.4, -0.2) is 13.0 Å². The molecule has 1 rings (SSSR count). The predicted octanol–water partition coefficient (Wildman–Crippen LogP) is 1.07. The molecule has 1 N–H and O–H groups in total. The monoisotopic (exact) mass is 341 g/mol. The van der Waals surface area contributed by atoms with E-state index in [2.05, 4.69) is 0 Å². The second kappa shape index (κ2) is 4.53. The third kappa shape index (κ3) is 2.99. The SMILES string of the molecule is O=S(=O)(O)c1ccccc1F.[Ho]. The van der Waals surface area contributed by atoms with Gasteiger partial charge in [0.1, 0.15) is 10.7 Å². The van der Waals surface area contributed by atoms with E-state index in [0.29, 0.717) is 0 Å². The third-order valence-electron chi connectivity index (χ3n) is 1.11. The summed E-state index contributed by atoms with van der Waals surface area (Å²) < 4.78 is 41.7. The van der Waals surface area contributed by atoms with Gasteiger partial charge in [0.2, 0.25) is 0 Å². The van der Waals surface area contributed by atoms with E-state index in [0.717, 1.165) is 12.1 Å². The van der Waals surface area contributed by atoms with Crippen molar-refractivity contribution in [3.63, 3.8) is 0 Å². The Hall–Kier alpha value is 0.320. The molecule has 6 heteroatoms. The molecule has 0 amide bonds. The Kier molecular flexibility index (Phi) is 4.65. The Balaban J connectivity index is 0.00000121. The molecular weight excluding hydrogens is 336 g/mol. The Morgan fingerprint density at radius 2 is 1.75 bits per heavy atom. The zero-order chi connectivity index (χ0) is 8.48. The summed E-state index contributed by atoms with van der Waals surface area (Å²) in [6, 6.07) is 4.62. The molecular formula is C6H5FHoO3S. The van der Waals surface area contributed by atoms with Crippen LogP contribution in [0.25, 0.3) is 0 Å². The topological polar surface area (TPSA) is 54.4 Å². The summed E-state index contributed by atoms with van der Waals surface area (Å²) in [4.78, 5) is -0.694. The molecule has 0 saturated heterocycles. The number of halogens is 1. The summed E-state index contributed by atoms with van der Waals surface area (Å²) in [5.74, 6) is -0.949. The summed E-state index contributed by atoms with van der Waals surface area (Å²) in [6.07, 6.45) is 0. The third-order valence-corrected chi connectivity index (χ3v) is 2.00. The Bertz CT molecular complexity index is 363. The van der Waals surface area contributed by atoms with Crippen LogP contribution in [0, 0.1) is 43.6 Å². The van der Waals surface area contributed by atoms with Gasteiger partial charge >= 0.3 is 0 Å². The summed E-state index contributed by atoms with van der Waals surface area (Å²) in [5, 5.41) is 0. The number of rotatable bonds is 1. The van der Waals surface area contributed by atoms with Crippen molar-refractivity contribution in [2.75, 3.05) is 0 Å². The van der Waals surface area contributed by atoms with Crippen molar-refractivity contribution in [3.8, 4) is 0 Å². The molecule has 1 aromatic carbocycles. The van der Waals surface area contributed by atoms with Gasteiger partial charge in [0, 0.05) is 37.7 Å². The molecule has 1 radical (unpaired) electrons. The van der Waals surface area contributed by atoms with Crippen LogP contribution in [0.4, 0.5) is 4.39 Å². The van der Waals surface area contributed by atoms with Crippen LogP contribution >= 0.6 is 0 Å². The molecule has 0 atom stereocenters. The van der Waals surface area contributed by atoms with Crippen LogP contribution in [0.3, 0.4) is 0 Å². The van der Waals surface area contributed by atoms with E-state index < -0.39 is 20.8 Å². The fourth-order valence-corrected chi connectivity index (χ4v) is 1.22. The molecule has 0 fully saturated rings. The first-order valence-electron chi connectivity index (χ1n) is 2.74. The van der Waals surface area contributed by atoms with E-state index in [1.165, 1.54) is 12.1 Å². The molecule has 0 saturated carbocycles. The molecule has 1 aromatic rings. The Morgan fingerprint density at radius 1 is 1.25 bits per heavy atom. The first kappa shape index (κ1) is 12.3. The average molecular weight is 341 g/mol. The smallest absolute Gasteiger partial charge is 0.282 e. The molecule has 12 heavy (non-hydrogen) atoms. The normalized spacial score (nSPS) is 10.5. The van der Waals surface area contributed by atoms with Crippen molar-refractivity contribution in [1.82, 2.24) is 0 Å². The van der Waals surface area contributed by atoms with Gasteiger partial charge in [0.05, 0.1) is 0 Å². The maximum Gasteiger partial charge on any atom is 0.297 e. The Labute approximate surface area is 99.3 Å². The summed E-state index contributed by atoms with van der Waals surface area (Å²) in [6.45, 7) is 0. The van der Waals surface area contributed by atoms with E-state index >= 15 is 0 Å². The van der Waals surface area contributed by atoms with Crippen LogP contribution in [0.1, 0.15) is 0 Å². The largest absolute Gasteiger partial charge is 0.297 e. The quantitative estimate of drug-likeness (QED) is 0.614. The Morgan fingerprint density at radius 3 is 2.08 bits per heavy atom. The van der Waals surface area contributed by atoms with Crippen molar-refractivity contribution in [3.05, 3.63) is 30.1 Å². The predicted molar refractivity (Wildman–Crippen MR) is 36.2 cm³/mol. The van der Waals surface area contributed by atoms with Gasteiger partial charge in [-0.2, -0.15) is 8.42 Å². The number of hydrogen-bond acceptors (Lipinski definition) is 2. The number of benzene rings is 1. The standard InChI is InChI=1S/C6H5FO3S.Ho/c7-5-3-1-2-4-6(5)11(8,9)10;/h1-4H,(H,8,9,10);. The van der Waals surface area contributed by atoms with E-state index in [4.69, 9.17) is 4.55 Å². The molecule has 3 nitrogen and oxygen atoms in total. The van der Waals surface area contributed by atoms with Gasteiger partial charge < -0.3 is 0 Å². The van der Waals surface area contributed by atoms with Gasteiger partial charge in [-0.25, -0.2) is 4.39 Å². The first-order valence-corrected chi connectivity index (χ1v) is 4.18. The van der Waals surface area contributed by atoms with Gasteiger partial charge in [0.15, 0.2) is 0 Å². The van der Waals surface area contributed by atoms with Crippen LogP contribution in [0.2, 0.25) is 0 Å². The molecule has 0 bridgehead atoms. The fourth-order valence-electron chi connectivity index (χ4n) is 0.654. The van der Waals surface area contributed by atoms with Gasteiger partial charge in [-0.1, -0.05) is 12.1 Å². The molecule has 0 unspecified atom stereocenters. The van der Waals surface area contributed by atoms with Gasteiger partial charge in [-0.05, 0) is 12.1 Å². The minimum absolute atomic E-state index is 0. The first-order chi connectivity index (χ1) is 5.02. The molecule has 0 spiro atoms. The molecule has 71 valence electrons. The molecule has 0 aromatic heterocycles. The summed E-state index contributed by atoms with van der Waals surface area (Å²) in [7, 11) is -4.41. The maximum atomic E-state index is 12.5. The zero-order valence-corrected chi connectivity index (χ0v) is 8.41. The van der Waals surface area contributed by atoms with E-state index in [1.54, 1.807) is 0 Å². The molecule has 0 heterocycles. The van der Waals surface area contributed by atoms with Gasteiger partial charge in [-0.3, -0.25) is 4.55 Å². The summed E-state index contributed by atoms with van der Waals surface area (Å²) in [5.41, 5.74) is 0. The molecule has 0 aliphatic carbocycles. The van der Waals surface area contributed by atoms with Gasteiger partial charge in [0.25, 0.3) is 10.1 Å². The minimum Gasteiger partial charge on any atom is -0.282 e. The van der Waals surface area contributed by atoms with Crippen molar-refractivity contribution < 1.29 is 55.1 Å². The van der Waals surface area contributed by atoms with Crippen LogP contribution in [0.15, 0.2) is 29.2 Å². The van der Waals surface area contributed by atoms with Crippen LogP contribution < -0.4 is 0 Å². The van der Waals surface area contributed by atoms with Crippen molar-refractivity contribution >= 4 is 10.1 Å². The van der Waals surface area contributed by atoms with Crippen LogP contribution in [0.5, 0.6) is 0 Å². The second-order valence-electron chi connectivity index (χ2n) is 1.91. The average Bonchev–Trinajstić information content (AvgIpc) is 1.86. The summed E-state index contributed by atoms with van der Waals surface area (Å²) >= 11 is 0. The fraction of sp³-hybridized carbons (Fsp3) is 0. The van der Waals surface area contributed by atoms with Crippen LogP contribution in [-0.2, 0) is 10.1 Å². The maximum absolute atomic E-state index is 12.5. The van der Waals surface area contributed by atoms with Crippen molar-refractivity contribution in [1.29, 1.82) is 0 Å². The van der Waals surface area contributed by atoms with Crippen molar-refractivity contribution in [2.24, 2.45) is 0 Å². The van der Waals surface area contributed by atoms with E-state index in [-0.39, 0.29) is 37.7 Å². The van der Waals surface area contributed by atoms with E-state index in [1.807, 2.05) is 0 Å². The van der Waals surface area contributed by atoms with E-state index in [9.17, 15) is 12.8 Å². The van der Waals surface area contributed by atoms with Crippen molar-refractivity contribution in [2.45, 2.75) is 4.90 Å². The minimum atomic E-state index is -4.41. The van der Waals surface area contributed by atoms with Gasteiger partial charge in [-0.15, -0.1) is 0 Å². The molecule has 0 aliphatic rings. The molecule has 0 aliphatic heterocycles.